The highest BCUT2D eigenvalue weighted by atomic mass is 79.9. The van der Waals surface area contributed by atoms with Gasteiger partial charge in [0, 0.05) is 23.1 Å². The van der Waals surface area contributed by atoms with Crippen molar-refractivity contribution in [2.24, 2.45) is 11.7 Å². The molecule has 1 aliphatic heterocycles. The van der Waals surface area contributed by atoms with Gasteiger partial charge < -0.3 is 5.73 Å². The molecule has 1 saturated heterocycles. The Balaban J connectivity index is 2.22. The van der Waals surface area contributed by atoms with Crippen molar-refractivity contribution >= 4 is 15.9 Å². The van der Waals surface area contributed by atoms with E-state index >= 15 is 0 Å². The summed E-state index contributed by atoms with van der Waals surface area (Å²) in [5, 5.41) is 0. The van der Waals surface area contributed by atoms with Gasteiger partial charge in [0.15, 0.2) is 0 Å². The molecule has 1 aromatic carbocycles. The van der Waals surface area contributed by atoms with Gasteiger partial charge >= 0.3 is 0 Å². The average Bonchev–Trinajstić information content (AvgIpc) is 2.35. The predicted molar refractivity (Wildman–Crippen MR) is 80.5 cm³/mol. The number of nitrogens with two attached hydrogens (primary N) is 1. The Labute approximate surface area is 119 Å². The fourth-order valence-corrected chi connectivity index (χ4v) is 3.40. The molecule has 18 heavy (non-hydrogen) atoms. The average molecular weight is 311 g/mol. The van der Waals surface area contributed by atoms with Crippen molar-refractivity contribution in [3.05, 3.63) is 34.3 Å². The summed E-state index contributed by atoms with van der Waals surface area (Å²) < 4.78 is 1.14. The molecule has 0 radical (unpaired) electrons. The first-order valence-electron chi connectivity index (χ1n) is 6.84. The molecule has 1 heterocycles. The minimum atomic E-state index is 0.347. The molecule has 1 aliphatic rings. The fourth-order valence-electron chi connectivity index (χ4n) is 2.98. The van der Waals surface area contributed by atoms with E-state index in [-0.39, 0.29) is 0 Å². The number of halogens is 1. The molecule has 3 atom stereocenters. The summed E-state index contributed by atoms with van der Waals surface area (Å²) in [5.41, 5.74) is 7.36. The van der Waals surface area contributed by atoms with Crippen LogP contribution >= 0.6 is 15.9 Å². The van der Waals surface area contributed by atoms with Gasteiger partial charge in [0.1, 0.15) is 0 Å². The van der Waals surface area contributed by atoms with E-state index < -0.39 is 0 Å². The largest absolute Gasteiger partial charge is 0.329 e. The molecule has 3 heteroatoms. The third kappa shape index (κ3) is 2.95. The summed E-state index contributed by atoms with van der Waals surface area (Å²) in [5.74, 6) is 0.764. The van der Waals surface area contributed by atoms with E-state index in [1.807, 2.05) is 0 Å². The first-order valence-corrected chi connectivity index (χ1v) is 7.64. The Bertz CT molecular complexity index is 394. The van der Waals surface area contributed by atoms with Gasteiger partial charge in [0.25, 0.3) is 0 Å². The van der Waals surface area contributed by atoms with Crippen molar-refractivity contribution < 1.29 is 0 Å². The molecule has 1 aromatic rings. The lowest BCUT2D eigenvalue weighted by atomic mass is 9.89. The second-order valence-corrected chi connectivity index (χ2v) is 6.32. The van der Waals surface area contributed by atoms with E-state index in [1.54, 1.807) is 0 Å². The van der Waals surface area contributed by atoms with Crippen molar-refractivity contribution in [3.8, 4) is 0 Å². The van der Waals surface area contributed by atoms with Crippen molar-refractivity contribution in [3.63, 3.8) is 0 Å². The van der Waals surface area contributed by atoms with Gasteiger partial charge in [0.05, 0.1) is 0 Å². The van der Waals surface area contributed by atoms with Crippen LogP contribution in [0.4, 0.5) is 0 Å². The molecule has 2 N–H and O–H groups in total. The topological polar surface area (TPSA) is 29.3 Å². The number of likely N-dealkylation sites (tertiary alicyclic amines) is 1. The van der Waals surface area contributed by atoms with Gasteiger partial charge in [-0.3, -0.25) is 4.90 Å². The van der Waals surface area contributed by atoms with Gasteiger partial charge in [-0.1, -0.05) is 35.0 Å². The first-order chi connectivity index (χ1) is 8.63. The monoisotopic (exact) mass is 310 g/mol. The molecule has 0 aliphatic carbocycles. The van der Waals surface area contributed by atoms with Crippen LogP contribution in [0.3, 0.4) is 0 Å². The normalized spacial score (nSPS) is 27.1. The van der Waals surface area contributed by atoms with Crippen LogP contribution in [-0.4, -0.2) is 24.0 Å². The predicted octanol–water partition coefficient (Wildman–Crippen LogP) is 3.57. The van der Waals surface area contributed by atoms with Crippen molar-refractivity contribution in [2.75, 3.05) is 13.1 Å². The van der Waals surface area contributed by atoms with E-state index in [4.69, 9.17) is 5.73 Å². The number of benzene rings is 1. The minimum absolute atomic E-state index is 0.347. The van der Waals surface area contributed by atoms with E-state index in [9.17, 15) is 0 Å². The molecular formula is C15H23BrN2. The van der Waals surface area contributed by atoms with Crippen LogP contribution < -0.4 is 5.73 Å². The second kappa shape index (κ2) is 6.18. The number of piperidine rings is 1. The molecule has 2 nitrogen and oxygen atoms in total. The lowest BCUT2D eigenvalue weighted by molar-refractivity contribution is 0.0709. The Morgan fingerprint density at radius 2 is 2.22 bits per heavy atom. The highest BCUT2D eigenvalue weighted by Crippen LogP contribution is 2.31. The van der Waals surface area contributed by atoms with Gasteiger partial charge in [0.2, 0.25) is 0 Å². The van der Waals surface area contributed by atoms with E-state index in [0.717, 1.165) is 10.4 Å². The number of hydrogen-bond acceptors (Lipinski definition) is 2. The van der Waals surface area contributed by atoms with Gasteiger partial charge in [-0.2, -0.15) is 0 Å². The zero-order valence-corrected chi connectivity index (χ0v) is 12.9. The van der Waals surface area contributed by atoms with E-state index in [2.05, 4.69) is 58.9 Å². The summed E-state index contributed by atoms with van der Waals surface area (Å²) in [6.07, 6.45) is 2.63. The summed E-state index contributed by atoms with van der Waals surface area (Å²) in [6, 6.07) is 9.52. The summed E-state index contributed by atoms with van der Waals surface area (Å²) >= 11 is 3.55. The van der Waals surface area contributed by atoms with Crippen LogP contribution in [0.15, 0.2) is 28.7 Å². The van der Waals surface area contributed by atoms with Crippen LogP contribution in [0.25, 0.3) is 0 Å². The molecule has 3 unspecified atom stereocenters. The molecule has 0 amide bonds. The summed E-state index contributed by atoms with van der Waals surface area (Å²) in [4.78, 5) is 2.58. The standard InChI is InChI=1S/C15H23BrN2/c1-11-5-4-8-18(12(11)2)15(10-17)13-6-3-7-14(16)9-13/h3,6-7,9,11-12,15H,4-5,8,10,17H2,1-2H3. The summed E-state index contributed by atoms with van der Waals surface area (Å²) in [6.45, 7) is 6.54. The number of rotatable bonds is 3. The Kier molecular flexibility index (Phi) is 4.82. The highest BCUT2D eigenvalue weighted by molar-refractivity contribution is 9.10. The smallest absolute Gasteiger partial charge is 0.0473 e. The first kappa shape index (κ1) is 14.0. The third-order valence-corrected chi connectivity index (χ3v) is 4.77. The van der Waals surface area contributed by atoms with Crippen LogP contribution in [-0.2, 0) is 0 Å². The molecule has 1 fully saturated rings. The SMILES string of the molecule is CC1CCCN(C(CN)c2cccc(Br)c2)C1C. The molecule has 0 saturated carbocycles. The number of hydrogen-bond donors (Lipinski definition) is 1. The maximum Gasteiger partial charge on any atom is 0.0473 e. The fraction of sp³-hybridized carbons (Fsp3) is 0.600. The third-order valence-electron chi connectivity index (χ3n) is 4.28. The molecule has 0 spiro atoms. The molecule has 100 valence electrons. The maximum absolute atomic E-state index is 6.04. The van der Waals surface area contributed by atoms with E-state index in [0.29, 0.717) is 18.6 Å². The number of nitrogens with zero attached hydrogens (tertiary/aromatic N) is 1. The Morgan fingerprint density at radius 3 is 2.89 bits per heavy atom. The van der Waals surface area contributed by atoms with Crippen molar-refractivity contribution in [2.45, 2.75) is 38.8 Å². The van der Waals surface area contributed by atoms with Gasteiger partial charge in [-0.15, -0.1) is 0 Å². The van der Waals surface area contributed by atoms with Crippen LogP contribution in [0.1, 0.15) is 38.3 Å². The summed E-state index contributed by atoms with van der Waals surface area (Å²) in [7, 11) is 0. The zero-order valence-electron chi connectivity index (χ0n) is 11.3. The second-order valence-electron chi connectivity index (χ2n) is 5.40. The lowest BCUT2D eigenvalue weighted by Crippen LogP contribution is -2.46. The maximum atomic E-state index is 6.04. The van der Waals surface area contributed by atoms with Gasteiger partial charge in [-0.05, 0) is 49.9 Å². The lowest BCUT2D eigenvalue weighted by Gasteiger charge is -2.42. The van der Waals surface area contributed by atoms with Crippen LogP contribution in [0.2, 0.25) is 0 Å². The van der Waals surface area contributed by atoms with Crippen LogP contribution in [0.5, 0.6) is 0 Å². The molecule has 2 rings (SSSR count). The van der Waals surface area contributed by atoms with E-state index in [1.165, 1.54) is 24.9 Å². The Morgan fingerprint density at radius 1 is 1.44 bits per heavy atom. The van der Waals surface area contributed by atoms with Crippen molar-refractivity contribution in [1.29, 1.82) is 0 Å². The molecular weight excluding hydrogens is 288 g/mol. The molecule has 0 bridgehead atoms. The van der Waals surface area contributed by atoms with Crippen molar-refractivity contribution in [1.82, 2.24) is 4.90 Å². The quantitative estimate of drug-likeness (QED) is 0.924. The van der Waals surface area contributed by atoms with Gasteiger partial charge in [-0.25, -0.2) is 0 Å². The Hall–Kier alpha value is -0.380. The van der Waals surface area contributed by atoms with Crippen LogP contribution in [0, 0.1) is 5.92 Å². The highest BCUT2D eigenvalue weighted by Gasteiger charge is 2.30. The minimum Gasteiger partial charge on any atom is -0.329 e. The zero-order chi connectivity index (χ0) is 13.1. The molecule has 0 aromatic heterocycles.